The van der Waals surface area contributed by atoms with Crippen molar-refractivity contribution in [3.8, 4) is 23.0 Å². The largest absolute Gasteiger partial charge is 0.497 e. The lowest BCUT2D eigenvalue weighted by atomic mass is 9.71. The molecule has 0 bridgehead atoms. The minimum absolute atomic E-state index is 0.00252. The number of methoxy groups -OCH3 is 5. The Morgan fingerprint density at radius 2 is 1.50 bits per heavy atom. The Morgan fingerprint density at radius 1 is 0.861 bits per heavy atom. The SMILES string of the molecule is COC(=O)C1=C(C)NC2=C(C(=O)C[C@H](c3ccc(OC)cc3)C2)[C@@H]1c1cc(OC)c(OC)c(OC)c1. The van der Waals surface area contributed by atoms with Crippen LogP contribution in [0.4, 0.5) is 0 Å². The lowest BCUT2D eigenvalue weighted by Crippen LogP contribution is -2.36. The number of benzene rings is 2. The molecule has 0 unspecified atom stereocenters. The van der Waals surface area contributed by atoms with E-state index in [1.165, 1.54) is 28.4 Å². The van der Waals surface area contributed by atoms with Crippen LogP contribution in [0, 0.1) is 0 Å². The number of dihydropyridines is 1. The van der Waals surface area contributed by atoms with Crippen LogP contribution < -0.4 is 24.3 Å². The van der Waals surface area contributed by atoms with E-state index < -0.39 is 11.9 Å². The van der Waals surface area contributed by atoms with Crippen molar-refractivity contribution < 1.29 is 33.3 Å². The van der Waals surface area contributed by atoms with Gasteiger partial charge in [-0.1, -0.05) is 12.1 Å². The summed E-state index contributed by atoms with van der Waals surface area (Å²) in [6.07, 6.45) is 0.946. The lowest BCUT2D eigenvalue weighted by molar-refractivity contribution is -0.136. The minimum Gasteiger partial charge on any atom is -0.497 e. The molecule has 0 amide bonds. The fraction of sp³-hybridized carbons (Fsp3) is 0.357. The lowest BCUT2D eigenvalue weighted by Gasteiger charge is -2.36. The molecule has 0 radical (unpaired) electrons. The smallest absolute Gasteiger partial charge is 0.336 e. The Labute approximate surface area is 210 Å². The molecular formula is C28H31NO7. The van der Waals surface area contributed by atoms with Gasteiger partial charge in [-0.05, 0) is 54.7 Å². The monoisotopic (exact) mass is 493 g/mol. The van der Waals surface area contributed by atoms with E-state index in [1.54, 1.807) is 19.2 Å². The number of hydrogen-bond donors (Lipinski definition) is 1. The third kappa shape index (κ3) is 4.39. The van der Waals surface area contributed by atoms with Gasteiger partial charge < -0.3 is 29.0 Å². The first-order valence-electron chi connectivity index (χ1n) is 11.6. The van der Waals surface area contributed by atoms with Gasteiger partial charge in [-0.25, -0.2) is 4.79 Å². The van der Waals surface area contributed by atoms with Crippen LogP contribution in [0.1, 0.15) is 42.7 Å². The van der Waals surface area contributed by atoms with Crippen molar-refractivity contribution >= 4 is 11.8 Å². The molecule has 1 heterocycles. The van der Waals surface area contributed by atoms with Crippen LogP contribution in [0.3, 0.4) is 0 Å². The van der Waals surface area contributed by atoms with Crippen LogP contribution in [0.25, 0.3) is 0 Å². The molecule has 0 aromatic heterocycles. The van der Waals surface area contributed by atoms with E-state index in [4.69, 9.17) is 23.7 Å². The molecule has 8 nitrogen and oxygen atoms in total. The molecule has 0 saturated carbocycles. The molecule has 8 heteroatoms. The van der Waals surface area contributed by atoms with Gasteiger partial charge in [-0.3, -0.25) is 4.79 Å². The van der Waals surface area contributed by atoms with E-state index in [1.807, 2.05) is 31.2 Å². The van der Waals surface area contributed by atoms with Gasteiger partial charge in [-0.15, -0.1) is 0 Å². The molecule has 190 valence electrons. The van der Waals surface area contributed by atoms with Crippen molar-refractivity contribution in [3.63, 3.8) is 0 Å². The average molecular weight is 494 g/mol. The van der Waals surface area contributed by atoms with E-state index >= 15 is 0 Å². The number of carbonyl (C=O) groups is 2. The van der Waals surface area contributed by atoms with Crippen LogP contribution in [0.2, 0.25) is 0 Å². The van der Waals surface area contributed by atoms with E-state index in [0.29, 0.717) is 52.5 Å². The molecule has 4 rings (SSSR count). The van der Waals surface area contributed by atoms with Crippen molar-refractivity contribution in [2.24, 2.45) is 0 Å². The van der Waals surface area contributed by atoms with Crippen molar-refractivity contribution in [3.05, 3.63) is 70.1 Å². The van der Waals surface area contributed by atoms with E-state index in [-0.39, 0.29) is 11.7 Å². The second-order valence-electron chi connectivity index (χ2n) is 8.74. The Bertz CT molecular complexity index is 1220. The summed E-state index contributed by atoms with van der Waals surface area (Å²) >= 11 is 0. The second-order valence-corrected chi connectivity index (χ2v) is 8.74. The van der Waals surface area contributed by atoms with Crippen molar-refractivity contribution in [2.45, 2.75) is 31.6 Å². The second kappa shape index (κ2) is 10.4. The van der Waals surface area contributed by atoms with Crippen LogP contribution >= 0.6 is 0 Å². The van der Waals surface area contributed by atoms with Gasteiger partial charge in [0, 0.05) is 29.3 Å². The number of carbonyl (C=O) groups excluding carboxylic acids is 2. The maximum absolute atomic E-state index is 13.7. The summed E-state index contributed by atoms with van der Waals surface area (Å²) in [5.74, 6) is 0.895. The number of hydrogen-bond acceptors (Lipinski definition) is 8. The topological polar surface area (TPSA) is 92.3 Å². The molecule has 1 N–H and O–H groups in total. The Kier molecular flexibility index (Phi) is 7.24. The molecule has 2 aliphatic rings. The number of rotatable bonds is 7. The summed E-state index contributed by atoms with van der Waals surface area (Å²) in [7, 11) is 7.54. The first-order valence-corrected chi connectivity index (χ1v) is 11.6. The van der Waals surface area contributed by atoms with Crippen LogP contribution in [-0.2, 0) is 14.3 Å². The molecule has 2 aromatic carbocycles. The van der Waals surface area contributed by atoms with Gasteiger partial charge >= 0.3 is 5.97 Å². The quantitative estimate of drug-likeness (QED) is 0.572. The minimum atomic E-state index is -0.647. The molecule has 2 aromatic rings. The number of ether oxygens (including phenoxy) is 5. The summed E-state index contributed by atoms with van der Waals surface area (Å²) in [5, 5.41) is 3.34. The van der Waals surface area contributed by atoms with Gasteiger partial charge in [0.05, 0.1) is 41.1 Å². The third-order valence-electron chi connectivity index (χ3n) is 6.84. The van der Waals surface area contributed by atoms with E-state index in [9.17, 15) is 9.59 Å². The average Bonchev–Trinajstić information content (AvgIpc) is 2.90. The van der Waals surface area contributed by atoms with Crippen molar-refractivity contribution in [1.29, 1.82) is 0 Å². The number of nitrogens with one attached hydrogen (secondary N) is 1. The van der Waals surface area contributed by atoms with Crippen LogP contribution in [-0.4, -0.2) is 47.3 Å². The number of allylic oxidation sites excluding steroid dienone is 3. The van der Waals surface area contributed by atoms with Crippen LogP contribution in [0.15, 0.2) is 58.9 Å². The summed E-state index contributed by atoms with van der Waals surface area (Å²) in [6.45, 7) is 1.82. The molecule has 0 saturated heterocycles. The molecule has 1 aliphatic carbocycles. The molecule has 0 fully saturated rings. The molecule has 1 aliphatic heterocycles. The highest BCUT2D eigenvalue weighted by Crippen LogP contribution is 2.49. The number of ketones is 1. The summed E-state index contributed by atoms with van der Waals surface area (Å²) < 4.78 is 27.0. The van der Waals surface area contributed by atoms with Crippen molar-refractivity contribution in [1.82, 2.24) is 5.32 Å². The number of Topliss-reactive ketones (excluding diaryl/α,β-unsaturated/α-hetero) is 1. The predicted octanol–water partition coefficient (Wildman–Crippen LogP) is 4.26. The van der Waals surface area contributed by atoms with Gasteiger partial charge in [0.2, 0.25) is 5.75 Å². The van der Waals surface area contributed by atoms with Gasteiger partial charge in [0.15, 0.2) is 17.3 Å². The van der Waals surface area contributed by atoms with Crippen LogP contribution in [0.5, 0.6) is 23.0 Å². The maximum Gasteiger partial charge on any atom is 0.336 e. The fourth-order valence-electron chi connectivity index (χ4n) is 5.13. The summed E-state index contributed by atoms with van der Waals surface area (Å²) in [6, 6.07) is 11.3. The highest BCUT2D eigenvalue weighted by atomic mass is 16.5. The highest BCUT2D eigenvalue weighted by molar-refractivity contribution is 6.04. The Hall–Kier alpha value is -3.94. The van der Waals surface area contributed by atoms with Gasteiger partial charge in [0.25, 0.3) is 0 Å². The highest BCUT2D eigenvalue weighted by Gasteiger charge is 2.42. The van der Waals surface area contributed by atoms with Gasteiger partial charge in [-0.2, -0.15) is 0 Å². The molecule has 2 atom stereocenters. The third-order valence-corrected chi connectivity index (χ3v) is 6.84. The first kappa shape index (κ1) is 25.2. The van der Waals surface area contributed by atoms with Gasteiger partial charge in [0.1, 0.15) is 5.75 Å². The first-order chi connectivity index (χ1) is 17.4. The Morgan fingerprint density at radius 3 is 2.03 bits per heavy atom. The fourth-order valence-corrected chi connectivity index (χ4v) is 5.13. The zero-order valence-electron chi connectivity index (χ0n) is 21.4. The molecule has 0 spiro atoms. The van der Waals surface area contributed by atoms with E-state index in [0.717, 1.165) is 17.0 Å². The maximum atomic E-state index is 13.7. The normalized spacial score (nSPS) is 19.3. The Balaban J connectivity index is 1.85. The predicted molar refractivity (Wildman–Crippen MR) is 134 cm³/mol. The number of esters is 1. The standard InChI is InChI=1S/C28H31NO7/c1-15-24(28(31)36-6)25(18-13-22(33-3)27(35-5)23(14-18)34-4)26-20(29-15)11-17(12-21(26)30)16-7-9-19(32-2)10-8-16/h7-10,13-14,17,25,29H,11-12H2,1-6H3/t17-,25-/m1/s1. The zero-order valence-corrected chi connectivity index (χ0v) is 21.4. The summed E-state index contributed by atoms with van der Waals surface area (Å²) in [4.78, 5) is 26.7. The zero-order chi connectivity index (χ0) is 26.0. The van der Waals surface area contributed by atoms with E-state index in [2.05, 4.69) is 5.32 Å². The van der Waals surface area contributed by atoms with Crippen molar-refractivity contribution in [2.75, 3.05) is 35.5 Å². The molecular weight excluding hydrogens is 462 g/mol. The summed E-state index contributed by atoms with van der Waals surface area (Å²) in [5.41, 5.74) is 4.11. The molecule has 36 heavy (non-hydrogen) atoms.